The molecule has 19 heavy (non-hydrogen) atoms. The summed E-state index contributed by atoms with van der Waals surface area (Å²) in [4.78, 5) is 0. The third kappa shape index (κ3) is 3.81. The number of aliphatic hydroxyl groups excluding tert-OH is 7. The lowest BCUT2D eigenvalue weighted by Crippen LogP contribution is -2.60. The van der Waals surface area contributed by atoms with Gasteiger partial charge < -0.3 is 45.2 Å². The Kier molecular flexibility index (Phi) is 6.53. The summed E-state index contributed by atoms with van der Waals surface area (Å²) in [5.74, 6) is 0. The Morgan fingerprint density at radius 2 is 1.58 bits per heavy atom. The first-order valence-corrected chi connectivity index (χ1v) is 5.82. The minimum absolute atomic E-state index is 0.614. The van der Waals surface area contributed by atoms with Crippen molar-refractivity contribution < 1.29 is 45.2 Å². The molecule has 1 heterocycles. The molecule has 0 bridgehead atoms. The summed E-state index contributed by atoms with van der Waals surface area (Å²) in [6, 6.07) is 0. The molecule has 9 heteroatoms. The first-order chi connectivity index (χ1) is 8.96. The van der Waals surface area contributed by atoms with Gasteiger partial charge in [0.25, 0.3) is 0 Å². The smallest absolute Gasteiger partial charge is 0.187 e. The van der Waals surface area contributed by atoms with Crippen molar-refractivity contribution in [1.29, 1.82) is 0 Å². The lowest BCUT2D eigenvalue weighted by atomic mass is 9.99. The Labute approximate surface area is 109 Å². The molecule has 0 spiro atoms. The molecule has 0 aromatic carbocycles. The lowest BCUT2D eigenvalue weighted by molar-refractivity contribution is -0.319. The van der Waals surface area contributed by atoms with E-state index in [1.807, 2.05) is 0 Å². The van der Waals surface area contributed by atoms with Crippen LogP contribution in [0.15, 0.2) is 0 Å². The van der Waals surface area contributed by atoms with Gasteiger partial charge in [0.15, 0.2) is 6.29 Å². The van der Waals surface area contributed by atoms with Crippen molar-refractivity contribution in [1.82, 2.24) is 0 Å². The van der Waals surface area contributed by atoms with E-state index in [0.29, 0.717) is 0 Å². The minimum atomic E-state index is -1.63. The molecule has 1 fully saturated rings. The van der Waals surface area contributed by atoms with Crippen molar-refractivity contribution in [3.05, 3.63) is 0 Å². The van der Waals surface area contributed by atoms with Crippen LogP contribution in [0.5, 0.6) is 0 Å². The molecule has 114 valence electrons. The number of hydrogen-bond acceptors (Lipinski definition) is 9. The second-order valence-corrected chi connectivity index (χ2v) is 4.30. The van der Waals surface area contributed by atoms with Gasteiger partial charge in [-0.25, -0.2) is 0 Å². The van der Waals surface area contributed by atoms with Crippen molar-refractivity contribution in [2.75, 3.05) is 19.8 Å². The van der Waals surface area contributed by atoms with Gasteiger partial charge in [0.1, 0.15) is 36.6 Å². The Morgan fingerprint density at radius 3 is 2.05 bits per heavy atom. The molecule has 7 atom stereocenters. The SMILES string of the molecule is OCC(O)C(CO)O[C@H]1O[C@H](CO)[C@@H](O)[C@H](O)[C@H]1O. The summed E-state index contributed by atoms with van der Waals surface area (Å²) >= 11 is 0. The predicted octanol–water partition coefficient (Wildman–Crippen LogP) is -4.48. The Balaban J connectivity index is 2.70. The van der Waals surface area contributed by atoms with Crippen LogP contribution in [-0.4, -0.2) is 98.5 Å². The molecular formula is C10H20O9. The summed E-state index contributed by atoms with van der Waals surface area (Å²) < 4.78 is 10.1. The summed E-state index contributed by atoms with van der Waals surface area (Å²) in [6.07, 6.45) is -10.0. The van der Waals surface area contributed by atoms with E-state index in [1.54, 1.807) is 0 Å². The summed E-state index contributed by atoms with van der Waals surface area (Å²) in [5.41, 5.74) is 0. The predicted molar refractivity (Wildman–Crippen MR) is 58.8 cm³/mol. The van der Waals surface area contributed by atoms with Crippen LogP contribution in [0.25, 0.3) is 0 Å². The molecule has 0 radical (unpaired) electrons. The highest BCUT2D eigenvalue weighted by atomic mass is 16.7. The summed E-state index contributed by atoms with van der Waals surface area (Å²) in [5, 5.41) is 64.7. The maximum atomic E-state index is 9.65. The molecule has 0 aromatic rings. The van der Waals surface area contributed by atoms with E-state index in [1.165, 1.54) is 0 Å². The molecule has 0 aliphatic carbocycles. The molecule has 7 N–H and O–H groups in total. The van der Waals surface area contributed by atoms with E-state index >= 15 is 0 Å². The van der Waals surface area contributed by atoms with Crippen LogP contribution in [0.2, 0.25) is 0 Å². The van der Waals surface area contributed by atoms with Gasteiger partial charge in [-0.05, 0) is 0 Å². The van der Waals surface area contributed by atoms with Gasteiger partial charge in [-0.2, -0.15) is 0 Å². The Bertz CT molecular complexity index is 261. The minimum Gasteiger partial charge on any atom is -0.394 e. The first kappa shape index (κ1) is 16.7. The van der Waals surface area contributed by atoms with Crippen LogP contribution in [0.4, 0.5) is 0 Å². The molecular weight excluding hydrogens is 264 g/mol. The highest BCUT2D eigenvalue weighted by molar-refractivity contribution is 4.89. The molecule has 0 amide bonds. The standard InChI is InChI=1S/C10H20O9/c11-1-4(14)5(2-12)18-10-9(17)8(16)7(15)6(3-13)19-10/h4-17H,1-3H2/t4?,5?,6-,7-,8+,9-,10+/m1/s1. The van der Waals surface area contributed by atoms with E-state index in [2.05, 4.69) is 0 Å². The monoisotopic (exact) mass is 284 g/mol. The summed E-state index contributed by atoms with van der Waals surface area (Å²) in [6.45, 7) is -1.95. The average molecular weight is 284 g/mol. The van der Waals surface area contributed by atoms with Gasteiger partial charge in [0.2, 0.25) is 0 Å². The molecule has 1 aliphatic heterocycles. The maximum absolute atomic E-state index is 9.65. The molecule has 0 saturated carbocycles. The highest BCUT2D eigenvalue weighted by Gasteiger charge is 2.45. The van der Waals surface area contributed by atoms with Gasteiger partial charge in [-0.3, -0.25) is 0 Å². The molecule has 2 unspecified atom stereocenters. The number of hydrogen-bond donors (Lipinski definition) is 7. The maximum Gasteiger partial charge on any atom is 0.187 e. The van der Waals surface area contributed by atoms with Gasteiger partial charge in [0, 0.05) is 0 Å². The van der Waals surface area contributed by atoms with Crippen molar-refractivity contribution in [2.45, 2.75) is 42.9 Å². The second kappa shape index (κ2) is 7.43. The normalized spacial score (nSPS) is 39.0. The van der Waals surface area contributed by atoms with Gasteiger partial charge in [-0.15, -0.1) is 0 Å². The van der Waals surface area contributed by atoms with E-state index in [9.17, 15) is 20.4 Å². The largest absolute Gasteiger partial charge is 0.394 e. The first-order valence-electron chi connectivity index (χ1n) is 5.82. The number of aliphatic hydroxyl groups is 7. The van der Waals surface area contributed by atoms with Crippen molar-refractivity contribution in [3.63, 3.8) is 0 Å². The fourth-order valence-electron chi connectivity index (χ4n) is 1.73. The van der Waals surface area contributed by atoms with Crippen LogP contribution in [0.3, 0.4) is 0 Å². The van der Waals surface area contributed by atoms with Crippen LogP contribution < -0.4 is 0 Å². The summed E-state index contributed by atoms with van der Waals surface area (Å²) in [7, 11) is 0. The van der Waals surface area contributed by atoms with Crippen molar-refractivity contribution >= 4 is 0 Å². The van der Waals surface area contributed by atoms with Gasteiger partial charge in [-0.1, -0.05) is 0 Å². The second-order valence-electron chi connectivity index (χ2n) is 4.30. The third-order valence-electron chi connectivity index (χ3n) is 2.95. The zero-order chi connectivity index (χ0) is 14.6. The molecule has 9 nitrogen and oxygen atoms in total. The third-order valence-corrected chi connectivity index (χ3v) is 2.95. The van der Waals surface area contributed by atoms with Crippen LogP contribution in [0.1, 0.15) is 0 Å². The van der Waals surface area contributed by atoms with E-state index in [0.717, 1.165) is 0 Å². The van der Waals surface area contributed by atoms with E-state index in [-0.39, 0.29) is 0 Å². The van der Waals surface area contributed by atoms with Crippen LogP contribution in [0, 0.1) is 0 Å². The topological polar surface area (TPSA) is 160 Å². The van der Waals surface area contributed by atoms with Crippen molar-refractivity contribution in [2.24, 2.45) is 0 Å². The molecule has 1 rings (SSSR count). The molecule has 0 aromatic heterocycles. The zero-order valence-corrected chi connectivity index (χ0v) is 10.1. The van der Waals surface area contributed by atoms with Crippen molar-refractivity contribution in [3.8, 4) is 0 Å². The lowest BCUT2D eigenvalue weighted by Gasteiger charge is -2.41. The highest BCUT2D eigenvalue weighted by Crippen LogP contribution is 2.23. The fourth-order valence-corrected chi connectivity index (χ4v) is 1.73. The molecule has 1 aliphatic rings. The average Bonchev–Trinajstić information content (AvgIpc) is 2.43. The van der Waals surface area contributed by atoms with Crippen LogP contribution >= 0.6 is 0 Å². The van der Waals surface area contributed by atoms with Gasteiger partial charge >= 0.3 is 0 Å². The Hall–Kier alpha value is -0.360. The van der Waals surface area contributed by atoms with E-state index in [4.69, 9.17) is 24.8 Å². The zero-order valence-electron chi connectivity index (χ0n) is 10.1. The van der Waals surface area contributed by atoms with Crippen LogP contribution in [-0.2, 0) is 9.47 Å². The number of rotatable bonds is 6. The van der Waals surface area contributed by atoms with Gasteiger partial charge in [0.05, 0.1) is 19.8 Å². The molecule has 1 saturated heterocycles. The number of ether oxygens (including phenoxy) is 2. The Morgan fingerprint density at radius 1 is 0.947 bits per heavy atom. The van der Waals surface area contributed by atoms with E-state index < -0.39 is 62.7 Å². The fraction of sp³-hybridized carbons (Fsp3) is 1.00. The quantitative estimate of drug-likeness (QED) is 0.255.